The Morgan fingerprint density at radius 3 is 2.89 bits per heavy atom. The summed E-state index contributed by atoms with van der Waals surface area (Å²) < 4.78 is 0. The molecule has 0 radical (unpaired) electrons. The smallest absolute Gasteiger partial charge is 0.243 e. The summed E-state index contributed by atoms with van der Waals surface area (Å²) in [6.07, 6.45) is 4.17. The van der Waals surface area contributed by atoms with Crippen molar-refractivity contribution in [1.29, 1.82) is 0 Å². The zero-order valence-corrected chi connectivity index (χ0v) is 15.4. The maximum absolute atomic E-state index is 12.6. The maximum Gasteiger partial charge on any atom is 0.243 e. The molecule has 1 saturated heterocycles. The first kappa shape index (κ1) is 18.7. The van der Waals surface area contributed by atoms with E-state index < -0.39 is 6.04 Å². The van der Waals surface area contributed by atoms with Gasteiger partial charge in [0.15, 0.2) is 0 Å². The number of nitrogens with one attached hydrogen (secondary N) is 1. The molecule has 27 heavy (non-hydrogen) atoms. The summed E-state index contributed by atoms with van der Waals surface area (Å²) >= 11 is 0. The Morgan fingerprint density at radius 2 is 2.15 bits per heavy atom. The van der Waals surface area contributed by atoms with Crippen molar-refractivity contribution in [2.45, 2.75) is 38.6 Å². The van der Waals surface area contributed by atoms with Crippen LogP contribution in [0.4, 0.5) is 0 Å². The molecule has 6 nitrogen and oxygen atoms in total. The molecule has 1 aromatic rings. The van der Waals surface area contributed by atoms with Crippen LogP contribution in [-0.4, -0.2) is 41.6 Å². The molecule has 0 aliphatic carbocycles. The summed E-state index contributed by atoms with van der Waals surface area (Å²) in [4.78, 5) is 31.9. The Bertz CT molecular complexity index is 818. The van der Waals surface area contributed by atoms with Gasteiger partial charge in [-0.05, 0) is 38.0 Å². The highest BCUT2D eigenvalue weighted by Crippen LogP contribution is 2.21. The average molecular weight is 365 g/mol. The van der Waals surface area contributed by atoms with Crippen molar-refractivity contribution in [3.63, 3.8) is 0 Å². The van der Waals surface area contributed by atoms with Crippen molar-refractivity contribution in [1.82, 2.24) is 10.2 Å². The summed E-state index contributed by atoms with van der Waals surface area (Å²) in [6, 6.07) is 9.16. The molecule has 0 unspecified atom stereocenters. The molecule has 0 bridgehead atoms. The molecule has 3 rings (SSSR count). The first-order chi connectivity index (χ1) is 13.1. The van der Waals surface area contributed by atoms with E-state index in [1.54, 1.807) is 4.90 Å². The molecule has 2 heterocycles. The second-order valence-corrected chi connectivity index (χ2v) is 6.60. The summed E-state index contributed by atoms with van der Waals surface area (Å²) in [5.41, 5.74) is 1.78. The molecule has 1 atom stereocenters. The number of oxime groups is 1. The van der Waals surface area contributed by atoms with E-state index in [1.807, 2.05) is 43.3 Å². The molecule has 2 aliphatic heterocycles. The number of carbonyl (C=O) groups is 2. The van der Waals surface area contributed by atoms with E-state index in [2.05, 4.69) is 22.3 Å². The molecule has 0 saturated carbocycles. The third-order valence-corrected chi connectivity index (χ3v) is 4.50. The van der Waals surface area contributed by atoms with Crippen LogP contribution in [0.3, 0.4) is 0 Å². The van der Waals surface area contributed by atoms with Gasteiger partial charge in [0, 0.05) is 18.5 Å². The summed E-state index contributed by atoms with van der Waals surface area (Å²) in [5.74, 6) is 6.22. The van der Waals surface area contributed by atoms with Crippen molar-refractivity contribution in [3.05, 3.63) is 47.7 Å². The normalized spacial score (nSPS) is 18.6. The van der Waals surface area contributed by atoms with E-state index in [0.717, 1.165) is 17.7 Å². The van der Waals surface area contributed by atoms with Crippen LogP contribution in [0.15, 0.2) is 47.3 Å². The molecule has 1 aromatic carbocycles. The van der Waals surface area contributed by atoms with Gasteiger partial charge in [0.05, 0.1) is 18.7 Å². The second-order valence-electron chi connectivity index (χ2n) is 6.60. The predicted molar refractivity (Wildman–Crippen MR) is 103 cm³/mol. The second kappa shape index (κ2) is 9.04. The minimum atomic E-state index is -0.439. The molecule has 1 fully saturated rings. The van der Waals surface area contributed by atoms with Gasteiger partial charge in [-0.3, -0.25) is 9.59 Å². The Morgan fingerprint density at radius 1 is 1.33 bits per heavy atom. The van der Waals surface area contributed by atoms with Crippen LogP contribution in [0.25, 0.3) is 0 Å². The highest BCUT2D eigenvalue weighted by molar-refractivity contribution is 5.89. The first-order valence-electron chi connectivity index (χ1n) is 9.14. The predicted octanol–water partition coefficient (Wildman–Crippen LogP) is 2.22. The lowest BCUT2D eigenvalue weighted by atomic mass is 10.2. The first-order valence-corrected chi connectivity index (χ1v) is 9.14. The number of amides is 2. The van der Waals surface area contributed by atoms with Crippen LogP contribution in [0.2, 0.25) is 0 Å². The molecule has 2 amide bonds. The largest absolute Gasteiger partial charge is 0.361 e. The van der Waals surface area contributed by atoms with Crippen LogP contribution < -0.4 is 5.32 Å². The van der Waals surface area contributed by atoms with Crippen molar-refractivity contribution in [3.8, 4) is 11.8 Å². The minimum absolute atomic E-state index is 0.107. The van der Waals surface area contributed by atoms with Gasteiger partial charge < -0.3 is 15.1 Å². The zero-order chi connectivity index (χ0) is 19.1. The van der Waals surface area contributed by atoms with Crippen LogP contribution >= 0.6 is 0 Å². The Hall–Kier alpha value is -3.07. The Labute approximate surface area is 159 Å². The quantitative estimate of drug-likeness (QED) is 0.832. The SMILES string of the molecule is CC1=NOC(CC(=O)N2CCC[C@H]2C(=O)NCC#Cc2ccccc2)=CC1. The number of allylic oxidation sites excluding steroid dienone is 1. The van der Waals surface area contributed by atoms with Gasteiger partial charge in [-0.1, -0.05) is 35.2 Å². The number of hydrogen-bond acceptors (Lipinski definition) is 4. The minimum Gasteiger partial charge on any atom is -0.361 e. The van der Waals surface area contributed by atoms with Crippen molar-refractivity contribution in [2.75, 3.05) is 13.1 Å². The zero-order valence-electron chi connectivity index (χ0n) is 15.4. The summed E-state index contributed by atoms with van der Waals surface area (Å²) in [7, 11) is 0. The molecule has 140 valence electrons. The van der Waals surface area contributed by atoms with Gasteiger partial charge in [-0.25, -0.2) is 0 Å². The third-order valence-electron chi connectivity index (χ3n) is 4.50. The van der Waals surface area contributed by atoms with Gasteiger partial charge in [0.1, 0.15) is 11.8 Å². The molecule has 6 heteroatoms. The lowest BCUT2D eigenvalue weighted by Gasteiger charge is -2.24. The highest BCUT2D eigenvalue weighted by Gasteiger charge is 2.34. The van der Waals surface area contributed by atoms with E-state index in [-0.39, 0.29) is 24.8 Å². The van der Waals surface area contributed by atoms with Gasteiger partial charge in [0.25, 0.3) is 0 Å². The van der Waals surface area contributed by atoms with Crippen molar-refractivity contribution in [2.24, 2.45) is 5.16 Å². The molecule has 1 N–H and O–H groups in total. The molecule has 0 spiro atoms. The summed E-state index contributed by atoms with van der Waals surface area (Å²) in [5, 5.41) is 6.72. The molecule has 2 aliphatic rings. The van der Waals surface area contributed by atoms with Crippen LogP contribution in [0.5, 0.6) is 0 Å². The van der Waals surface area contributed by atoms with Gasteiger partial charge in [-0.2, -0.15) is 0 Å². The average Bonchev–Trinajstić information content (AvgIpc) is 3.18. The molecular weight excluding hydrogens is 342 g/mol. The fourth-order valence-corrected chi connectivity index (χ4v) is 3.08. The Kier molecular flexibility index (Phi) is 6.26. The summed E-state index contributed by atoms with van der Waals surface area (Å²) in [6.45, 7) is 2.72. The number of carbonyl (C=O) groups excluding carboxylic acids is 2. The van der Waals surface area contributed by atoms with Crippen molar-refractivity contribution < 1.29 is 14.4 Å². The van der Waals surface area contributed by atoms with Crippen LogP contribution in [0.1, 0.15) is 38.2 Å². The van der Waals surface area contributed by atoms with Crippen LogP contribution in [0, 0.1) is 11.8 Å². The van der Waals surface area contributed by atoms with Gasteiger partial charge >= 0.3 is 0 Å². The van der Waals surface area contributed by atoms with E-state index in [1.165, 1.54) is 0 Å². The van der Waals surface area contributed by atoms with E-state index in [0.29, 0.717) is 25.1 Å². The number of nitrogens with zero attached hydrogens (tertiary/aromatic N) is 2. The Balaban J connectivity index is 1.50. The molecular formula is C21H23N3O3. The van der Waals surface area contributed by atoms with E-state index >= 15 is 0 Å². The van der Waals surface area contributed by atoms with Gasteiger partial charge in [0.2, 0.25) is 11.8 Å². The lowest BCUT2D eigenvalue weighted by Crippen LogP contribution is -2.46. The van der Waals surface area contributed by atoms with E-state index in [4.69, 9.17) is 4.84 Å². The van der Waals surface area contributed by atoms with Crippen molar-refractivity contribution >= 4 is 17.5 Å². The third kappa shape index (κ3) is 5.20. The topological polar surface area (TPSA) is 71.0 Å². The number of likely N-dealkylation sites (tertiary alicyclic amines) is 1. The monoisotopic (exact) mass is 365 g/mol. The molecule has 0 aromatic heterocycles. The number of hydrogen-bond donors (Lipinski definition) is 1. The van der Waals surface area contributed by atoms with Gasteiger partial charge in [-0.15, -0.1) is 0 Å². The van der Waals surface area contributed by atoms with E-state index in [9.17, 15) is 9.59 Å². The maximum atomic E-state index is 12.6. The standard InChI is InChI=1S/C21H23N3O3/c1-16-11-12-18(27-23-16)15-20(25)24-14-6-10-19(24)21(26)22-13-5-9-17-7-3-2-4-8-17/h2-4,7-8,12,19H,6,10-11,13-15H2,1H3,(H,22,26)/t19-/m0/s1. The van der Waals surface area contributed by atoms with Crippen LogP contribution in [-0.2, 0) is 14.4 Å². The number of benzene rings is 1. The number of rotatable bonds is 4. The highest BCUT2D eigenvalue weighted by atomic mass is 16.6. The fourth-order valence-electron chi connectivity index (χ4n) is 3.08. The lowest BCUT2D eigenvalue weighted by molar-refractivity contribution is -0.138. The fraction of sp³-hybridized carbons (Fsp3) is 0.381.